The number of amides is 1. The minimum absolute atomic E-state index is 0.0883. The van der Waals surface area contributed by atoms with Crippen molar-refractivity contribution in [3.05, 3.63) is 29.8 Å². The molecule has 1 aromatic carbocycles. The van der Waals surface area contributed by atoms with Crippen LogP contribution in [-0.2, 0) is 4.79 Å². The van der Waals surface area contributed by atoms with Gasteiger partial charge < -0.3 is 10.5 Å². The van der Waals surface area contributed by atoms with Crippen molar-refractivity contribution in [3.63, 3.8) is 0 Å². The second-order valence-electron chi connectivity index (χ2n) is 5.03. The largest absolute Gasteiger partial charge is 0.411 e. The molecule has 4 heteroatoms. The van der Waals surface area contributed by atoms with Gasteiger partial charge in [0.25, 0.3) is 0 Å². The molecule has 1 rings (SSSR count). The number of oxime groups is 1. The van der Waals surface area contributed by atoms with Gasteiger partial charge in [-0.2, -0.15) is 0 Å². The van der Waals surface area contributed by atoms with Gasteiger partial charge in [-0.3, -0.25) is 4.79 Å². The number of anilines is 1. The van der Waals surface area contributed by atoms with Gasteiger partial charge >= 0.3 is 0 Å². The standard InChI is InChI=1S/C16H24N2O2/c1-4-6-14(7-5-2)16(19)17-15-10-8-13(9-11-15)12(3)18-20/h8-11,14,20H,4-7H2,1-3H3,(H,17,19)/b18-12+. The number of nitrogens with zero attached hydrogens (tertiary/aromatic N) is 1. The summed E-state index contributed by atoms with van der Waals surface area (Å²) in [5.74, 6) is 0.180. The number of hydrogen-bond acceptors (Lipinski definition) is 3. The molecule has 0 saturated carbocycles. The summed E-state index contributed by atoms with van der Waals surface area (Å²) < 4.78 is 0. The maximum atomic E-state index is 12.2. The minimum atomic E-state index is 0.0883. The number of benzene rings is 1. The van der Waals surface area contributed by atoms with E-state index in [-0.39, 0.29) is 11.8 Å². The third kappa shape index (κ3) is 4.68. The first-order valence-corrected chi connectivity index (χ1v) is 7.22. The van der Waals surface area contributed by atoms with E-state index in [1.807, 2.05) is 24.3 Å². The summed E-state index contributed by atoms with van der Waals surface area (Å²) in [4.78, 5) is 12.2. The van der Waals surface area contributed by atoms with Crippen LogP contribution in [0.3, 0.4) is 0 Å². The summed E-state index contributed by atoms with van der Waals surface area (Å²) in [5, 5.41) is 14.8. The highest BCUT2D eigenvalue weighted by Crippen LogP contribution is 2.17. The number of rotatable bonds is 7. The molecule has 0 radical (unpaired) electrons. The predicted molar refractivity (Wildman–Crippen MR) is 82.4 cm³/mol. The van der Waals surface area contributed by atoms with Crippen molar-refractivity contribution in [1.29, 1.82) is 0 Å². The van der Waals surface area contributed by atoms with Crippen LogP contribution in [0, 0.1) is 5.92 Å². The molecular formula is C16H24N2O2. The van der Waals surface area contributed by atoms with Gasteiger partial charge in [-0.15, -0.1) is 0 Å². The van der Waals surface area contributed by atoms with Crippen LogP contribution in [0.1, 0.15) is 52.0 Å². The van der Waals surface area contributed by atoms with Crippen molar-refractivity contribution >= 4 is 17.3 Å². The van der Waals surface area contributed by atoms with Crippen molar-refractivity contribution in [2.24, 2.45) is 11.1 Å². The Morgan fingerprint density at radius 2 is 1.75 bits per heavy atom. The fraction of sp³-hybridized carbons (Fsp3) is 0.500. The van der Waals surface area contributed by atoms with Gasteiger partial charge in [-0.25, -0.2) is 0 Å². The van der Waals surface area contributed by atoms with Crippen LogP contribution in [0.2, 0.25) is 0 Å². The second kappa shape index (κ2) is 8.35. The molecule has 0 heterocycles. The topological polar surface area (TPSA) is 61.7 Å². The zero-order valence-corrected chi connectivity index (χ0v) is 12.5. The highest BCUT2D eigenvalue weighted by atomic mass is 16.4. The number of nitrogens with one attached hydrogen (secondary N) is 1. The Labute approximate surface area is 120 Å². The van der Waals surface area contributed by atoms with Gasteiger partial charge in [0.1, 0.15) is 0 Å². The zero-order valence-electron chi connectivity index (χ0n) is 12.5. The lowest BCUT2D eigenvalue weighted by molar-refractivity contribution is -0.120. The Kier molecular flexibility index (Phi) is 6.77. The molecule has 1 aromatic rings. The molecule has 0 aliphatic heterocycles. The highest BCUT2D eigenvalue weighted by Gasteiger charge is 2.16. The van der Waals surface area contributed by atoms with E-state index in [1.54, 1.807) is 6.92 Å². The average molecular weight is 276 g/mol. The predicted octanol–water partition coefficient (Wildman–Crippen LogP) is 4.04. The summed E-state index contributed by atoms with van der Waals surface area (Å²) in [5.41, 5.74) is 2.17. The minimum Gasteiger partial charge on any atom is -0.411 e. The lowest BCUT2D eigenvalue weighted by atomic mass is 9.97. The summed E-state index contributed by atoms with van der Waals surface area (Å²) in [7, 11) is 0. The Balaban J connectivity index is 2.69. The van der Waals surface area contributed by atoms with E-state index in [1.165, 1.54) is 0 Å². The maximum Gasteiger partial charge on any atom is 0.227 e. The average Bonchev–Trinajstić information content (AvgIpc) is 2.47. The molecule has 0 spiro atoms. The lowest BCUT2D eigenvalue weighted by Gasteiger charge is -2.15. The van der Waals surface area contributed by atoms with Crippen molar-refractivity contribution in [2.75, 3.05) is 5.32 Å². The van der Waals surface area contributed by atoms with Crippen LogP contribution >= 0.6 is 0 Å². The van der Waals surface area contributed by atoms with Crippen LogP contribution in [0.15, 0.2) is 29.4 Å². The Morgan fingerprint density at radius 3 is 2.20 bits per heavy atom. The molecule has 2 N–H and O–H groups in total. The summed E-state index contributed by atoms with van der Waals surface area (Å²) in [6.45, 7) is 5.93. The van der Waals surface area contributed by atoms with Crippen molar-refractivity contribution in [2.45, 2.75) is 46.5 Å². The van der Waals surface area contributed by atoms with Gasteiger partial charge in [0.2, 0.25) is 5.91 Å². The molecule has 0 fully saturated rings. The van der Waals surface area contributed by atoms with E-state index in [0.29, 0.717) is 5.71 Å². The van der Waals surface area contributed by atoms with Crippen molar-refractivity contribution in [1.82, 2.24) is 0 Å². The van der Waals surface area contributed by atoms with Crippen LogP contribution in [0.4, 0.5) is 5.69 Å². The molecule has 0 bridgehead atoms. The normalized spacial score (nSPS) is 11.7. The zero-order chi connectivity index (χ0) is 15.0. The van der Waals surface area contributed by atoms with Gasteiger partial charge in [-0.05, 0) is 37.5 Å². The van der Waals surface area contributed by atoms with Gasteiger partial charge in [0.15, 0.2) is 0 Å². The summed E-state index contributed by atoms with van der Waals surface area (Å²) in [6.07, 6.45) is 3.88. The van der Waals surface area contributed by atoms with E-state index in [2.05, 4.69) is 24.3 Å². The summed E-state index contributed by atoms with van der Waals surface area (Å²) in [6, 6.07) is 7.33. The molecule has 0 aliphatic rings. The molecule has 0 unspecified atom stereocenters. The van der Waals surface area contributed by atoms with Crippen molar-refractivity contribution < 1.29 is 10.0 Å². The monoisotopic (exact) mass is 276 g/mol. The van der Waals surface area contributed by atoms with Crippen LogP contribution in [0.25, 0.3) is 0 Å². The Hall–Kier alpha value is -1.84. The number of carbonyl (C=O) groups excluding carboxylic acids is 1. The lowest BCUT2D eigenvalue weighted by Crippen LogP contribution is -2.22. The third-order valence-electron chi connectivity index (χ3n) is 3.37. The molecule has 110 valence electrons. The van der Waals surface area contributed by atoms with E-state index >= 15 is 0 Å². The smallest absolute Gasteiger partial charge is 0.227 e. The molecule has 0 atom stereocenters. The first-order valence-electron chi connectivity index (χ1n) is 7.22. The Morgan fingerprint density at radius 1 is 1.20 bits per heavy atom. The van der Waals surface area contributed by atoms with E-state index in [0.717, 1.165) is 36.9 Å². The van der Waals surface area contributed by atoms with Crippen LogP contribution < -0.4 is 5.32 Å². The van der Waals surface area contributed by atoms with Gasteiger partial charge in [0.05, 0.1) is 5.71 Å². The molecule has 4 nitrogen and oxygen atoms in total. The van der Waals surface area contributed by atoms with E-state index < -0.39 is 0 Å². The van der Waals surface area contributed by atoms with E-state index in [9.17, 15) is 4.79 Å². The number of hydrogen-bond donors (Lipinski definition) is 2. The fourth-order valence-corrected chi connectivity index (χ4v) is 2.20. The SMILES string of the molecule is CCCC(CCC)C(=O)Nc1ccc(/C(C)=N/O)cc1. The molecule has 0 aromatic heterocycles. The highest BCUT2D eigenvalue weighted by molar-refractivity contribution is 5.99. The van der Waals surface area contributed by atoms with E-state index in [4.69, 9.17) is 5.21 Å². The molecule has 1 amide bonds. The molecule has 20 heavy (non-hydrogen) atoms. The van der Waals surface area contributed by atoms with Crippen LogP contribution in [0.5, 0.6) is 0 Å². The molecular weight excluding hydrogens is 252 g/mol. The molecule has 0 aliphatic carbocycles. The fourth-order valence-electron chi connectivity index (χ4n) is 2.20. The second-order valence-corrected chi connectivity index (χ2v) is 5.03. The quantitative estimate of drug-likeness (QED) is 0.448. The van der Waals surface area contributed by atoms with Crippen LogP contribution in [-0.4, -0.2) is 16.8 Å². The number of carbonyl (C=O) groups is 1. The maximum absolute atomic E-state index is 12.2. The molecule has 0 saturated heterocycles. The van der Waals surface area contributed by atoms with Gasteiger partial charge in [0, 0.05) is 11.6 Å². The first-order chi connectivity index (χ1) is 9.62. The van der Waals surface area contributed by atoms with Crippen molar-refractivity contribution in [3.8, 4) is 0 Å². The van der Waals surface area contributed by atoms with Gasteiger partial charge in [-0.1, -0.05) is 44.0 Å². The first kappa shape index (κ1) is 16.2. The third-order valence-corrected chi connectivity index (χ3v) is 3.37. The Bertz CT molecular complexity index is 446. The summed E-state index contributed by atoms with van der Waals surface area (Å²) >= 11 is 0.